The van der Waals surface area contributed by atoms with Crippen LogP contribution in [0.25, 0.3) is 0 Å². The zero-order valence-corrected chi connectivity index (χ0v) is 33.2. The summed E-state index contributed by atoms with van der Waals surface area (Å²) in [5, 5.41) is 14.9. The number of hydroxylamine groups is 1. The summed E-state index contributed by atoms with van der Waals surface area (Å²) in [6.07, 6.45) is -0.297. The molecule has 0 radical (unpaired) electrons. The van der Waals surface area contributed by atoms with E-state index in [1.54, 1.807) is 20.8 Å². The van der Waals surface area contributed by atoms with E-state index in [1.165, 1.54) is 11.8 Å². The lowest BCUT2D eigenvalue weighted by atomic mass is 9.86. The number of nitrogens with two attached hydrogens (primary N) is 1. The zero-order chi connectivity index (χ0) is 37.7. The standard InChI is InChI=1S/C15H28N2O4S.C10H21NO.C9H19NO2/c1-14(2,3)12(20)9(8-16)17-13(21)10(7-11(18)19)22-15(4,5)6;1-8(9(2,3)4)11-12-10(5,6)7;1-8(2,3)7(11)10-12-9(4,5)6/h9-10H,7-8,16H2,1-6H3,(H,17,21)(H,18,19);1-7H3;1-6H3,(H,10,11)/b;11-8+;. The average molecular weight is 677 g/mol. The number of hydrogen-bond donors (Lipinski definition) is 4. The average Bonchev–Trinajstić information content (AvgIpc) is 2.80. The van der Waals surface area contributed by atoms with Gasteiger partial charge in [-0.2, -0.15) is 0 Å². The van der Waals surface area contributed by atoms with Crippen LogP contribution in [0.2, 0.25) is 0 Å². The van der Waals surface area contributed by atoms with E-state index in [9.17, 15) is 19.2 Å². The molecule has 0 bridgehead atoms. The molecule has 0 spiro atoms. The monoisotopic (exact) mass is 676 g/mol. The highest BCUT2D eigenvalue weighted by atomic mass is 32.2. The predicted octanol–water partition coefficient (Wildman–Crippen LogP) is 6.52. The number of carbonyl (C=O) groups excluding carboxylic acids is 3. The van der Waals surface area contributed by atoms with Gasteiger partial charge in [0.2, 0.25) is 11.8 Å². The summed E-state index contributed by atoms with van der Waals surface area (Å²) in [5.74, 6) is -1.78. The van der Waals surface area contributed by atoms with E-state index in [-0.39, 0.29) is 46.0 Å². The van der Waals surface area contributed by atoms with Crippen LogP contribution in [0.1, 0.15) is 138 Å². The predicted molar refractivity (Wildman–Crippen MR) is 191 cm³/mol. The Balaban J connectivity index is -0.000000654. The zero-order valence-electron chi connectivity index (χ0n) is 32.4. The fourth-order valence-electron chi connectivity index (χ4n) is 2.49. The number of ketones is 1. The van der Waals surface area contributed by atoms with Crippen LogP contribution in [0, 0.1) is 16.2 Å². The first-order valence-corrected chi connectivity index (χ1v) is 16.6. The van der Waals surface area contributed by atoms with E-state index in [0.29, 0.717) is 0 Å². The molecule has 0 saturated heterocycles. The highest BCUT2D eigenvalue weighted by molar-refractivity contribution is 8.01. The molecule has 5 N–H and O–H groups in total. The molecule has 0 saturated carbocycles. The van der Waals surface area contributed by atoms with Crippen molar-refractivity contribution in [2.24, 2.45) is 27.1 Å². The molecule has 0 aromatic rings. The molecule has 0 aliphatic carbocycles. The number of aliphatic carboxylic acids is 1. The quantitative estimate of drug-likeness (QED) is 0.157. The summed E-state index contributed by atoms with van der Waals surface area (Å²) in [6.45, 7) is 36.5. The van der Waals surface area contributed by atoms with Gasteiger partial charge in [-0.15, -0.1) is 11.8 Å². The second-order valence-corrected chi connectivity index (χ2v) is 19.3. The fourth-order valence-corrected chi connectivity index (χ4v) is 3.74. The van der Waals surface area contributed by atoms with Gasteiger partial charge in [-0.1, -0.05) is 88.2 Å². The third-order valence-corrected chi connectivity index (χ3v) is 6.80. The van der Waals surface area contributed by atoms with Crippen LogP contribution in [0.5, 0.6) is 0 Å². The normalized spacial score (nSPS) is 14.4. The third kappa shape index (κ3) is 27.0. The maximum atomic E-state index is 12.4. The molecule has 2 unspecified atom stereocenters. The van der Waals surface area contributed by atoms with Gasteiger partial charge >= 0.3 is 5.97 Å². The Morgan fingerprint density at radius 2 is 1.22 bits per heavy atom. The number of Topliss-reactive ketones (excluding diaryl/α,β-unsaturated/α-hetero) is 1. The summed E-state index contributed by atoms with van der Waals surface area (Å²) in [6, 6.07) is -0.802. The first-order valence-electron chi connectivity index (χ1n) is 15.7. The summed E-state index contributed by atoms with van der Waals surface area (Å²) in [5.41, 5.74) is 7.59. The highest BCUT2D eigenvalue weighted by Gasteiger charge is 2.34. The van der Waals surface area contributed by atoms with Crippen LogP contribution in [0.3, 0.4) is 0 Å². The van der Waals surface area contributed by atoms with Crippen LogP contribution in [0.15, 0.2) is 5.16 Å². The first-order chi connectivity index (χ1) is 20.0. The molecule has 0 fully saturated rings. The topological polar surface area (TPSA) is 169 Å². The van der Waals surface area contributed by atoms with E-state index in [4.69, 9.17) is 20.5 Å². The fraction of sp³-hybridized carbons (Fsp3) is 0.853. The molecule has 0 heterocycles. The SMILES string of the molecule is C/C(=N\OC(C)(C)C)C(C)(C)C.CC(C)(C)ONC(=O)C(C)(C)C.CC(C)(C)SC(CC(=O)O)C(=O)NC(CN)C(=O)C(C)(C)C. The minimum absolute atomic E-state index is 0.0121. The van der Waals surface area contributed by atoms with Crippen molar-refractivity contribution in [1.82, 2.24) is 10.8 Å². The lowest BCUT2D eigenvalue weighted by molar-refractivity contribution is -0.153. The van der Waals surface area contributed by atoms with Crippen molar-refractivity contribution < 1.29 is 34.0 Å². The van der Waals surface area contributed by atoms with Gasteiger partial charge in [0, 0.05) is 27.5 Å². The van der Waals surface area contributed by atoms with Gasteiger partial charge in [-0.05, 0) is 48.5 Å². The number of rotatable bonds is 9. The number of hydrogen-bond acceptors (Lipinski definition) is 9. The molecule has 46 heavy (non-hydrogen) atoms. The highest BCUT2D eigenvalue weighted by Crippen LogP contribution is 2.30. The number of amides is 2. The Bertz CT molecular complexity index is 1000. The molecule has 0 rings (SSSR count). The van der Waals surface area contributed by atoms with Crippen molar-refractivity contribution in [3.63, 3.8) is 0 Å². The number of thioether (sulfide) groups is 1. The van der Waals surface area contributed by atoms with Gasteiger partial charge in [0.25, 0.3) is 0 Å². The van der Waals surface area contributed by atoms with Crippen molar-refractivity contribution in [3.05, 3.63) is 0 Å². The van der Waals surface area contributed by atoms with Crippen LogP contribution < -0.4 is 16.5 Å². The van der Waals surface area contributed by atoms with Crippen molar-refractivity contribution >= 4 is 41.0 Å². The third-order valence-electron chi connectivity index (χ3n) is 5.43. The maximum absolute atomic E-state index is 12.4. The van der Waals surface area contributed by atoms with Crippen LogP contribution in [-0.4, -0.2) is 68.2 Å². The Morgan fingerprint density at radius 3 is 1.50 bits per heavy atom. The second kappa shape index (κ2) is 19.0. The molecular weight excluding hydrogens is 608 g/mol. The first kappa shape index (κ1) is 48.2. The molecule has 2 amide bonds. The lowest BCUT2D eigenvalue weighted by Crippen LogP contribution is -2.52. The van der Waals surface area contributed by atoms with Crippen molar-refractivity contribution in [2.75, 3.05) is 6.54 Å². The van der Waals surface area contributed by atoms with Gasteiger partial charge in [0.05, 0.1) is 23.0 Å². The lowest BCUT2D eigenvalue weighted by Gasteiger charge is -2.28. The Labute approximate surface area is 284 Å². The summed E-state index contributed by atoms with van der Waals surface area (Å²) < 4.78 is -0.274. The maximum Gasteiger partial charge on any atom is 0.305 e. The summed E-state index contributed by atoms with van der Waals surface area (Å²) in [7, 11) is 0. The van der Waals surface area contributed by atoms with Crippen molar-refractivity contribution in [1.29, 1.82) is 0 Å². The molecule has 272 valence electrons. The summed E-state index contributed by atoms with van der Waals surface area (Å²) in [4.78, 5) is 57.3. The van der Waals surface area contributed by atoms with Crippen LogP contribution in [0.4, 0.5) is 0 Å². The van der Waals surface area contributed by atoms with Crippen LogP contribution >= 0.6 is 11.8 Å². The Hall–Kier alpha value is -2.18. The number of carboxylic acid groups (broad SMARTS) is 1. The van der Waals surface area contributed by atoms with E-state index in [2.05, 4.69) is 36.7 Å². The summed E-state index contributed by atoms with van der Waals surface area (Å²) >= 11 is 1.26. The van der Waals surface area contributed by atoms with Crippen LogP contribution in [-0.2, 0) is 28.9 Å². The van der Waals surface area contributed by atoms with E-state index in [0.717, 1.165) is 5.71 Å². The van der Waals surface area contributed by atoms with E-state index in [1.807, 2.05) is 90.0 Å². The smallest absolute Gasteiger partial charge is 0.305 e. The molecule has 2 atom stereocenters. The molecule has 0 aliphatic heterocycles. The number of nitrogens with zero attached hydrogens (tertiary/aromatic N) is 1. The molecule has 0 aromatic heterocycles. The van der Waals surface area contributed by atoms with Gasteiger partial charge < -0.3 is 21.0 Å². The Kier molecular flexibility index (Phi) is 19.9. The van der Waals surface area contributed by atoms with Crippen molar-refractivity contribution in [2.45, 2.75) is 165 Å². The Morgan fingerprint density at radius 1 is 0.761 bits per heavy atom. The minimum atomic E-state index is -1.05. The molecule has 0 aromatic carbocycles. The number of oxime groups is 1. The van der Waals surface area contributed by atoms with Gasteiger partial charge in [0.1, 0.15) is 11.6 Å². The van der Waals surface area contributed by atoms with E-state index < -0.39 is 34.0 Å². The van der Waals surface area contributed by atoms with E-state index >= 15 is 0 Å². The van der Waals surface area contributed by atoms with Gasteiger partial charge in [-0.3, -0.25) is 24.0 Å². The number of nitrogens with one attached hydrogen (secondary N) is 2. The van der Waals surface area contributed by atoms with Gasteiger partial charge in [-0.25, -0.2) is 5.48 Å². The second-order valence-electron chi connectivity index (χ2n) is 17.3. The largest absolute Gasteiger partial charge is 0.481 e. The molecule has 12 heteroatoms. The molecule has 0 aliphatic rings. The minimum Gasteiger partial charge on any atom is -0.481 e. The number of carbonyl (C=O) groups is 4. The van der Waals surface area contributed by atoms with Gasteiger partial charge in [0.15, 0.2) is 5.78 Å². The van der Waals surface area contributed by atoms with Crippen molar-refractivity contribution in [3.8, 4) is 0 Å². The number of carboxylic acids is 1. The molecule has 11 nitrogen and oxygen atoms in total. The molecular formula is C34H68N4O7S.